The summed E-state index contributed by atoms with van der Waals surface area (Å²) in [6.07, 6.45) is -0.0904. The fourth-order valence-electron chi connectivity index (χ4n) is 1.68. The van der Waals surface area contributed by atoms with Gasteiger partial charge in [0.05, 0.1) is 6.54 Å². The molecule has 0 aliphatic carbocycles. The van der Waals surface area contributed by atoms with Crippen molar-refractivity contribution >= 4 is 17.8 Å². The molecule has 0 fully saturated rings. The molecular weight excluding hydrogens is 276 g/mol. The van der Waals surface area contributed by atoms with Crippen LogP contribution < -0.4 is 10.6 Å². The van der Waals surface area contributed by atoms with Crippen molar-refractivity contribution in [3.05, 3.63) is 35.4 Å². The zero-order valence-electron chi connectivity index (χ0n) is 11.6. The molecule has 2 amide bonds. The summed E-state index contributed by atoms with van der Waals surface area (Å²) in [6, 6.07) is 5.70. The number of aliphatic hydroxyl groups is 1. The number of carboxylic acid groups (broad SMARTS) is 1. The van der Waals surface area contributed by atoms with Gasteiger partial charge in [-0.15, -0.1) is 0 Å². The smallest absolute Gasteiger partial charge is 0.326 e. The lowest BCUT2D eigenvalue weighted by Gasteiger charge is -2.13. The summed E-state index contributed by atoms with van der Waals surface area (Å²) in [7, 11) is 0. The number of aliphatic hydroxyl groups excluding tert-OH is 1. The number of amides is 2. The molecule has 0 saturated carbocycles. The average molecular weight is 294 g/mol. The fourth-order valence-corrected chi connectivity index (χ4v) is 1.68. The molecule has 0 radical (unpaired) electrons. The van der Waals surface area contributed by atoms with Crippen molar-refractivity contribution in [2.75, 3.05) is 13.2 Å². The van der Waals surface area contributed by atoms with E-state index >= 15 is 0 Å². The summed E-state index contributed by atoms with van der Waals surface area (Å²) in [5, 5.41) is 22.2. The zero-order chi connectivity index (χ0) is 15.8. The molecule has 0 bridgehead atoms. The first-order chi connectivity index (χ1) is 9.93. The highest BCUT2D eigenvalue weighted by Crippen LogP contribution is 2.03. The predicted octanol–water partition coefficient (Wildman–Crippen LogP) is -0.323. The van der Waals surface area contributed by atoms with Crippen LogP contribution in [0.15, 0.2) is 24.3 Å². The van der Waals surface area contributed by atoms with Gasteiger partial charge in [0, 0.05) is 18.6 Å². The molecule has 21 heavy (non-hydrogen) atoms. The van der Waals surface area contributed by atoms with E-state index in [2.05, 4.69) is 10.6 Å². The topological polar surface area (TPSA) is 116 Å². The number of aryl methyl sites for hydroxylation is 1. The van der Waals surface area contributed by atoms with E-state index in [9.17, 15) is 14.4 Å². The van der Waals surface area contributed by atoms with Crippen molar-refractivity contribution in [1.82, 2.24) is 10.6 Å². The van der Waals surface area contributed by atoms with Crippen LogP contribution in [-0.2, 0) is 9.59 Å². The zero-order valence-corrected chi connectivity index (χ0v) is 11.6. The molecule has 7 nitrogen and oxygen atoms in total. The van der Waals surface area contributed by atoms with Gasteiger partial charge in [-0.1, -0.05) is 17.7 Å². The highest BCUT2D eigenvalue weighted by molar-refractivity contribution is 5.97. The van der Waals surface area contributed by atoms with Gasteiger partial charge in [-0.25, -0.2) is 4.79 Å². The average Bonchev–Trinajstić information content (AvgIpc) is 2.44. The summed E-state index contributed by atoms with van der Waals surface area (Å²) in [6.45, 7) is 1.16. The molecule has 0 unspecified atom stereocenters. The molecule has 0 aliphatic heterocycles. The lowest BCUT2D eigenvalue weighted by molar-refractivity contribution is -0.142. The third-order valence-electron chi connectivity index (χ3n) is 2.74. The Labute approximate surface area is 122 Å². The number of carbonyl (C=O) groups is 3. The van der Waals surface area contributed by atoms with Gasteiger partial charge in [-0.3, -0.25) is 9.59 Å². The van der Waals surface area contributed by atoms with E-state index in [4.69, 9.17) is 10.2 Å². The Morgan fingerprint density at radius 3 is 2.57 bits per heavy atom. The van der Waals surface area contributed by atoms with Gasteiger partial charge in [0.25, 0.3) is 5.91 Å². The Morgan fingerprint density at radius 2 is 2.00 bits per heavy atom. The lowest BCUT2D eigenvalue weighted by Crippen LogP contribution is -2.45. The molecule has 1 aromatic carbocycles. The molecule has 0 aliphatic rings. The first kappa shape index (κ1) is 16.6. The van der Waals surface area contributed by atoms with Crippen LogP contribution in [0.4, 0.5) is 0 Å². The third kappa shape index (κ3) is 5.62. The van der Waals surface area contributed by atoms with E-state index < -0.39 is 23.8 Å². The molecule has 4 N–H and O–H groups in total. The highest BCUT2D eigenvalue weighted by Gasteiger charge is 2.19. The van der Waals surface area contributed by atoms with Crippen LogP contribution in [0, 0.1) is 6.92 Å². The van der Waals surface area contributed by atoms with Gasteiger partial charge in [0.2, 0.25) is 5.91 Å². The minimum Gasteiger partial charge on any atom is -0.480 e. The SMILES string of the molecule is Cc1cccc(C(=O)NCC(=O)N[C@@H](CCO)C(=O)O)c1. The Morgan fingerprint density at radius 1 is 1.29 bits per heavy atom. The highest BCUT2D eigenvalue weighted by atomic mass is 16.4. The first-order valence-corrected chi connectivity index (χ1v) is 6.42. The van der Waals surface area contributed by atoms with Crippen LogP contribution in [0.3, 0.4) is 0 Å². The minimum absolute atomic E-state index is 0.0904. The Balaban J connectivity index is 2.49. The van der Waals surface area contributed by atoms with Crippen molar-refractivity contribution in [2.45, 2.75) is 19.4 Å². The molecule has 114 valence electrons. The van der Waals surface area contributed by atoms with Crippen molar-refractivity contribution in [2.24, 2.45) is 0 Å². The van der Waals surface area contributed by atoms with Crippen molar-refractivity contribution in [3.63, 3.8) is 0 Å². The number of aliphatic carboxylic acids is 1. The van der Waals surface area contributed by atoms with Gasteiger partial charge >= 0.3 is 5.97 Å². The minimum atomic E-state index is -1.23. The quantitative estimate of drug-likeness (QED) is 0.550. The van der Waals surface area contributed by atoms with Crippen LogP contribution in [0.2, 0.25) is 0 Å². The molecule has 1 atom stereocenters. The number of nitrogens with one attached hydrogen (secondary N) is 2. The van der Waals surface area contributed by atoms with E-state index in [1.165, 1.54) is 0 Å². The summed E-state index contributed by atoms with van der Waals surface area (Å²) < 4.78 is 0. The maximum Gasteiger partial charge on any atom is 0.326 e. The maximum absolute atomic E-state index is 11.8. The number of carbonyl (C=O) groups excluding carboxylic acids is 2. The molecular formula is C14H18N2O5. The maximum atomic E-state index is 11.8. The Hall–Kier alpha value is -2.41. The van der Waals surface area contributed by atoms with Crippen molar-refractivity contribution in [1.29, 1.82) is 0 Å². The van der Waals surface area contributed by atoms with Gasteiger partial charge in [-0.05, 0) is 19.1 Å². The molecule has 0 spiro atoms. The molecule has 7 heteroatoms. The predicted molar refractivity (Wildman–Crippen MR) is 74.8 cm³/mol. The second kappa shape index (κ2) is 8.01. The fraction of sp³-hybridized carbons (Fsp3) is 0.357. The van der Waals surface area contributed by atoms with E-state index in [1.807, 2.05) is 13.0 Å². The lowest BCUT2D eigenvalue weighted by atomic mass is 10.1. The third-order valence-corrected chi connectivity index (χ3v) is 2.74. The van der Waals surface area contributed by atoms with Gasteiger partial charge in [0.1, 0.15) is 6.04 Å². The van der Waals surface area contributed by atoms with Gasteiger partial charge in [-0.2, -0.15) is 0 Å². The Bertz CT molecular complexity index is 530. The van der Waals surface area contributed by atoms with Crippen LogP contribution in [0.1, 0.15) is 22.3 Å². The normalized spacial score (nSPS) is 11.5. The summed E-state index contributed by atoms with van der Waals surface area (Å²) in [5.74, 6) is -2.28. The van der Waals surface area contributed by atoms with E-state index in [0.717, 1.165) is 5.56 Å². The van der Waals surface area contributed by atoms with Crippen LogP contribution in [0.25, 0.3) is 0 Å². The first-order valence-electron chi connectivity index (χ1n) is 6.42. The second-order valence-electron chi connectivity index (χ2n) is 4.52. The van der Waals surface area contributed by atoms with E-state index in [-0.39, 0.29) is 19.6 Å². The van der Waals surface area contributed by atoms with Gasteiger partial charge < -0.3 is 20.8 Å². The number of hydrogen-bond donors (Lipinski definition) is 4. The molecule has 1 rings (SSSR count). The molecule has 1 aromatic rings. The standard InChI is InChI=1S/C14H18N2O5/c1-9-3-2-4-10(7-9)13(19)15-8-12(18)16-11(5-6-17)14(20)21/h2-4,7,11,17H,5-6,8H2,1H3,(H,15,19)(H,16,18)(H,20,21)/t11-/m0/s1. The van der Waals surface area contributed by atoms with Crippen molar-refractivity contribution < 1.29 is 24.6 Å². The summed E-state index contributed by atoms with van der Waals surface area (Å²) in [5.41, 5.74) is 1.34. The summed E-state index contributed by atoms with van der Waals surface area (Å²) >= 11 is 0. The number of rotatable bonds is 7. The van der Waals surface area contributed by atoms with Crippen LogP contribution in [-0.4, -0.2) is 47.2 Å². The molecule has 0 saturated heterocycles. The van der Waals surface area contributed by atoms with E-state index in [1.54, 1.807) is 18.2 Å². The van der Waals surface area contributed by atoms with Gasteiger partial charge in [0.15, 0.2) is 0 Å². The van der Waals surface area contributed by atoms with Crippen molar-refractivity contribution in [3.8, 4) is 0 Å². The van der Waals surface area contributed by atoms with Crippen LogP contribution >= 0.6 is 0 Å². The molecule has 0 aromatic heterocycles. The Kier molecular flexibility index (Phi) is 6.35. The number of hydrogen-bond acceptors (Lipinski definition) is 4. The largest absolute Gasteiger partial charge is 0.480 e. The monoisotopic (exact) mass is 294 g/mol. The van der Waals surface area contributed by atoms with E-state index in [0.29, 0.717) is 5.56 Å². The summed E-state index contributed by atoms with van der Waals surface area (Å²) in [4.78, 5) is 34.2. The second-order valence-corrected chi connectivity index (χ2v) is 4.52. The molecule has 0 heterocycles. The number of carboxylic acids is 1. The van der Waals surface area contributed by atoms with Crippen LogP contribution in [0.5, 0.6) is 0 Å². The number of benzene rings is 1.